The molecule has 2 aromatic rings. The lowest BCUT2D eigenvalue weighted by Crippen LogP contribution is -2.52. The first kappa shape index (κ1) is 18.8. The predicted molar refractivity (Wildman–Crippen MR) is 105 cm³/mol. The van der Waals surface area contributed by atoms with Gasteiger partial charge in [-0.2, -0.15) is 5.26 Å². The van der Waals surface area contributed by atoms with E-state index in [9.17, 15) is 9.59 Å². The van der Waals surface area contributed by atoms with Crippen LogP contribution in [0.5, 0.6) is 0 Å². The molecule has 0 saturated carbocycles. The van der Waals surface area contributed by atoms with Crippen LogP contribution in [0, 0.1) is 11.3 Å². The van der Waals surface area contributed by atoms with Gasteiger partial charge in [0.25, 0.3) is 5.91 Å². The highest BCUT2D eigenvalue weighted by Crippen LogP contribution is 2.37. The normalized spacial score (nSPS) is 23.9. The minimum Gasteiger partial charge on any atom is -0.321 e. The van der Waals surface area contributed by atoms with Crippen LogP contribution in [-0.2, 0) is 11.3 Å². The van der Waals surface area contributed by atoms with Crippen molar-refractivity contribution >= 4 is 35.1 Å². The van der Waals surface area contributed by atoms with Crippen molar-refractivity contribution in [3.8, 4) is 6.07 Å². The van der Waals surface area contributed by atoms with Crippen molar-refractivity contribution in [2.24, 2.45) is 0 Å². The molecule has 2 aliphatic heterocycles. The number of rotatable bonds is 3. The van der Waals surface area contributed by atoms with E-state index in [4.69, 9.17) is 28.5 Å². The summed E-state index contributed by atoms with van der Waals surface area (Å²) >= 11 is 12.1. The summed E-state index contributed by atoms with van der Waals surface area (Å²) in [6.45, 7) is 0.983. The molecule has 0 aromatic heterocycles. The molecule has 2 saturated heterocycles. The molecule has 2 aromatic carbocycles. The second-order valence-electron chi connectivity index (χ2n) is 6.99. The first-order chi connectivity index (χ1) is 13.4. The van der Waals surface area contributed by atoms with E-state index in [0.717, 1.165) is 5.56 Å². The minimum atomic E-state index is -1.05. The van der Waals surface area contributed by atoms with Crippen LogP contribution in [0.4, 0.5) is 4.79 Å². The van der Waals surface area contributed by atoms with E-state index in [-0.39, 0.29) is 18.4 Å². The molecular weight excluding hydrogens is 399 g/mol. The standard InChI is InChI=1S/C20H16Cl2N4O2/c21-15-5-13(6-16(22)7-15)10-26-18(27)20(25-19(26)28)11-24-9-17(20)14-3-1-12(8-23)2-4-14/h1-7,17,24H,9-11H2,(H,25,28)/t17-,20+/m0/s1. The average Bonchev–Trinajstić information content (AvgIpc) is 3.18. The van der Waals surface area contributed by atoms with Gasteiger partial charge < -0.3 is 10.6 Å². The number of nitriles is 1. The molecule has 0 bridgehead atoms. The molecule has 142 valence electrons. The van der Waals surface area contributed by atoms with Gasteiger partial charge in [-0.1, -0.05) is 35.3 Å². The van der Waals surface area contributed by atoms with E-state index < -0.39 is 11.6 Å². The number of carbonyl (C=O) groups is 2. The molecule has 4 rings (SSSR count). The molecule has 2 heterocycles. The number of imide groups is 1. The Balaban J connectivity index is 1.63. The molecule has 2 atom stereocenters. The highest BCUT2D eigenvalue weighted by molar-refractivity contribution is 6.34. The zero-order valence-electron chi connectivity index (χ0n) is 14.7. The summed E-state index contributed by atoms with van der Waals surface area (Å²) in [5, 5.41) is 16.0. The Kier molecular flexibility index (Phi) is 4.76. The zero-order chi connectivity index (χ0) is 19.9. The van der Waals surface area contributed by atoms with Gasteiger partial charge in [-0.15, -0.1) is 0 Å². The summed E-state index contributed by atoms with van der Waals surface area (Å²) in [5.74, 6) is -0.516. The van der Waals surface area contributed by atoms with E-state index in [0.29, 0.717) is 34.3 Å². The second-order valence-corrected chi connectivity index (χ2v) is 7.86. The molecule has 8 heteroatoms. The number of urea groups is 1. The van der Waals surface area contributed by atoms with Crippen LogP contribution in [0.1, 0.15) is 22.6 Å². The van der Waals surface area contributed by atoms with Crippen molar-refractivity contribution in [2.75, 3.05) is 13.1 Å². The third-order valence-electron chi connectivity index (χ3n) is 5.25. The molecule has 6 nitrogen and oxygen atoms in total. The highest BCUT2D eigenvalue weighted by Gasteiger charge is 2.58. The summed E-state index contributed by atoms with van der Waals surface area (Å²) in [4.78, 5) is 27.2. The Hall–Kier alpha value is -2.59. The summed E-state index contributed by atoms with van der Waals surface area (Å²) in [5.41, 5.74) is 1.07. The third-order valence-corrected chi connectivity index (χ3v) is 5.69. The SMILES string of the molecule is N#Cc1ccc([C@@H]2CNC[C@@]23NC(=O)N(Cc2cc(Cl)cc(Cl)c2)C3=O)cc1. The summed E-state index contributed by atoms with van der Waals surface area (Å²) in [6, 6.07) is 13.7. The summed E-state index contributed by atoms with van der Waals surface area (Å²) in [6.07, 6.45) is 0. The maximum absolute atomic E-state index is 13.3. The van der Waals surface area contributed by atoms with Gasteiger partial charge in [-0.25, -0.2) is 4.79 Å². The van der Waals surface area contributed by atoms with Gasteiger partial charge in [-0.3, -0.25) is 9.69 Å². The Morgan fingerprint density at radius 1 is 1.14 bits per heavy atom. The van der Waals surface area contributed by atoms with E-state index in [2.05, 4.69) is 16.7 Å². The number of benzene rings is 2. The largest absolute Gasteiger partial charge is 0.325 e. The van der Waals surface area contributed by atoms with Crippen LogP contribution < -0.4 is 10.6 Å². The Morgan fingerprint density at radius 3 is 2.46 bits per heavy atom. The van der Waals surface area contributed by atoms with E-state index >= 15 is 0 Å². The molecule has 0 aliphatic carbocycles. The van der Waals surface area contributed by atoms with Crippen molar-refractivity contribution in [1.82, 2.24) is 15.5 Å². The lowest BCUT2D eigenvalue weighted by molar-refractivity contribution is -0.131. The molecular formula is C20H16Cl2N4O2. The van der Waals surface area contributed by atoms with Gasteiger partial charge in [0, 0.05) is 29.1 Å². The van der Waals surface area contributed by atoms with E-state index in [1.807, 2.05) is 12.1 Å². The lowest BCUT2D eigenvalue weighted by atomic mass is 9.81. The van der Waals surface area contributed by atoms with Gasteiger partial charge in [0.15, 0.2) is 0 Å². The van der Waals surface area contributed by atoms with Crippen LogP contribution >= 0.6 is 23.2 Å². The monoisotopic (exact) mass is 414 g/mol. The first-order valence-electron chi connectivity index (χ1n) is 8.73. The lowest BCUT2D eigenvalue weighted by Gasteiger charge is -2.28. The number of nitrogens with one attached hydrogen (secondary N) is 2. The smallest absolute Gasteiger partial charge is 0.321 e. The van der Waals surface area contributed by atoms with Crippen molar-refractivity contribution in [1.29, 1.82) is 5.26 Å². The Bertz CT molecular complexity index is 982. The van der Waals surface area contributed by atoms with Gasteiger partial charge in [0.2, 0.25) is 0 Å². The molecule has 0 radical (unpaired) electrons. The van der Waals surface area contributed by atoms with Crippen LogP contribution in [0.25, 0.3) is 0 Å². The van der Waals surface area contributed by atoms with Crippen LogP contribution in [-0.4, -0.2) is 35.5 Å². The number of hydrogen-bond acceptors (Lipinski definition) is 4. The summed E-state index contributed by atoms with van der Waals surface area (Å²) < 4.78 is 0. The van der Waals surface area contributed by atoms with Gasteiger partial charge in [0.1, 0.15) is 5.54 Å². The first-order valence-corrected chi connectivity index (χ1v) is 9.48. The topological polar surface area (TPSA) is 85.2 Å². The molecule has 28 heavy (non-hydrogen) atoms. The third kappa shape index (κ3) is 3.12. The molecule has 3 amide bonds. The zero-order valence-corrected chi connectivity index (χ0v) is 16.2. The maximum atomic E-state index is 13.3. The van der Waals surface area contributed by atoms with Gasteiger partial charge in [-0.05, 0) is 41.5 Å². The van der Waals surface area contributed by atoms with E-state index in [1.165, 1.54) is 4.90 Å². The quantitative estimate of drug-likeness (QED) is 0.755. The second kappa shape index (κ2) is 7.10. The van der Waals surface area contributed by atoms with Crippen molar-refractivity contribution in [3.05, 3.63) is 69.2 Å². The maximum Gasteiger partial charge on any atom is 0.325 e. The fourth-order valence-corrected chi connectivity index (χ4v) is 4.50. The van der Waals surface area contributed by atoms with Crippen molar-refractivity contribution < 1.29 is 9.59 Å². The Labute approximate surface area is 172 Å². The van der Waals surface area contributed by atoms with Crippen LogP contribution in [0.2, 0.25) is 10.0 Å². The molecule has 2 aliphatic rings. The number of hydrogen-bond donors (Lipinski definition) is 2. The van der Waals surface area contributed by atoms with Crippen molar-refractivity contribution in [3.63, 3.8) is 0 Å². The number of nitrogens with zero attached hydrogens (tertiary/aromatic N) is 2. The number of amides is 3. The van der Waals surface area contributed by atoms with Gasteiger partial charge in [0.05, 0.1) is 18.2 Å². The van der Waals surface area contributed by atoms with Crippen LogP contribution in [0.15, 0.2) is 42.5 Å². The minimum absolute atomic E-state index is 0.0901. The fraction of sp³-hybridized carbons (Fsp3) is 0.250. The predicted octanol–water partition coefficient (Wildman–Crippen LogP) is 3.04. The Morgan fingerprint density at radius 2 is 1.82 bits per heavy atom. The molecule has 0 unspecified atom stereocenters. The molecule has 2 fully saturated rings. The molecule has 1 spiro atoms. The highest BCUT2D eigenvalue weighted by atomic mass is 35.5. The fourth-order valence-electron chi connectivity index (χ4n) is 3.93. The summed E-state index contributed by atoms with van der Waals surface area (Å²) in [7, 11) is 0. The average molecular weight is 415 g/mol. The van der Waals surface area contributed by atoms with Crippen molar-refractivity contribution in [2.45, 2.75) is 18.0 Å². The molecule has 2 N–H and O–H groups in total. The number of halogens is 2. The van der Waals surface area contributed by atoms with Gasteiger partial charge >= 0.3 is 6.03 Å². The van der Waals surface area contributed by atoms with E-state index in [1.54, 1.807) is 30.3 Å². The van der Waals surface area contributed by atoms with Crippen LogP contribution in [0.3, 0.4) is 0 Å². The number of carbonyl (C=O) groups excluding carboxylic acids is 2.